The minimum Gasteiger partial charge on any atom is -0.492 e. The molecule has 4 rings (SSSR count). The second-order valence-electron chi connectivity index (χ2n) is 8.59. The van der Waals surface area contributed by atoms with Gasteiger partial charge in [0.15, 0.2) is 4.80 Å². The quantitative estimate of drug-likeness (QED) is 0.472. The highest BCUT2D eigenvalue weighted by Crippen LogP contribution is 2.28. The molecule has 10 heteroatoms. The monoisotopic (exact) mass is 517 g/mol. The zero-order chi connectivity index (χ0) is 25.2. The van der Waals surface area contributed by atoms with Crippen LogP contribution < -0.4 is 9.54 Å². The van der Waals surface area contributed by atoms with Crippen LogP contribution in [0.2, 0.25) is 0 Å². The van der Waals surface area contributed by atoms with Gasteiger partial charge in [-0.1, -0.05) is 24.3 Å². The number of fused-ring (bicyclic) bond motifs is 1. The van der Waals surface area contributed by atoms with E-state index in [2.05, 4.69) is 11.9 Å². The normalized spacial score (nSPS) is 19.8. The van der Waals surface area contributed by atoms with E-state index < -0.39 is 15.9 Å². The fraction of sp³-hybridized carbons (Fsp3) is 0.440. The van der Waals surface area contributed by atoms with E-state index in [-0.39, 0.29) is 17.1 Å². The summed E-state index contributed by atoms with van der Waals surface area (Å²) in [5, 5.41) is 0. The Kier molecular flexibility index (Phi) is 7.75. The highest BCUT2D eigenvalue weighted by molar-refractivity contribution is 7.89. The lowest BCUT2D eigenvalue weighted by Crippen LogP contribution is -2.48. The number of sulfonamides is 1. The molecule has 2 heterocycles. The molecule has 8 nitrogen and oxygen atoms in total. The number of aromatic nitrogens is 1. The van der Waals surface area contributed by atoms with E-state index in [9.17, 15) is 13.2 Å². The van der Waals surface area contributed by atoms with Gasteiger partial charge in [-0.15, -0.1) is 0 Å². The number of rotatable bonds is 7. The second kappa shape index (κ2) is 10.6. The number of benzene rings is 2. The van der Waals surface area contributed by atoms with Gasteiger partial charge in [-0.2, -0.15) is 9.30 Å². The standard InChI is InChI=1S/C25H31N3O5S2/c1-5-14-28-23-21(32-6-2)8-7-9-22(23)34-25(28)26-24(29)19-10-12-20(13-11-19)35(30,31)27-15-17(3)33-18(4)16-27/h7-13,17-18H,5-6,14-16H2,1-4H3. The van der Waals surface area contributed by atoms with Gasteiger partial charge in [0.2, 0.25) is 10.0 Å². The molecule has 1 aliphatic rings. The SMILES string of the molecule is CCCn1c(=NC(=O)c2ccc(S(=O)(=O)N3CC(C)OC(C)C3)cc2)sc2cccc(OCC)c21. The molecule has 0 radical (unpaired) electrons. The Hall–Kier alpha value is -2.53. The maximum Gasteiger partial charge on any atom is 0.279 e. The summed E-state index contributed by atoms with van der Waals surface area (Å²) in [6.07, 6.45) is 0.527. The molecule has 188 valence electrons. The third kappa shape index (κ3) is 5.35. The third-order valence-corrected chi connectivity index (χ3v) is 8.62. The molecule has 1 amide bonds. The van der Waals surface area contributed by atoms with Crippen LogP contribution >= 0.6 is 11.3 Å². The highest BCUT2D eigenvalue weighted by atomic mass is 32.2. The first kappa shape index (κ1) is 25.6. The predicted octanol–water partition coefficient (Wildman–Crippen LogP) is 4.05. The van der Waals surface area contributed by atoms with Crippen molar-refractivity contribution in [3.05, 3.63) is 52.8 Å². The average Bonchev–Trinajstić information content (AvgIpc) is 3.17. The smallest absolute Gasteiger partial charge is 0.279 e. The van der Waals surface area contributed by atoms with Crippen molar-refractivity contribution >= 4 is 37.5 Å². The summed E-state index contributed by atoms with van der Waals surface area (Å²) in [7, 11) is -3.68. The molecule has 1 aromatic heterocycles. The van der Waals surface area contributed by atoms with E-state index in [1.54, 1.807) is 0 Å². The fourth-order valence-electron chi connectivity index (χ4n) is 4.28. The van der Waals surface area contributed by atoms with Crippen LogP contribution in [0.15, 0.2) is 52.4 Å². The Morgan fingerprint density at radius 2 is 1.80 bits per heavy atom. The topological polar surface area (TPSA) is 90.2 Å². The molecule has 35 heavy (non-hydrogen) atoms. The molecule has 2 aromatic carbocycles. The Morgan fingerprint density at radius 1 is 1.11 bits per heavy atom. The van der Waals surface area contributed by atoms with Crippen molar-refractivity contribution in [3.63, 3.8) is 0 Å². The number of carbonyl (C=O) groups is 1. The number of thiazole rings is 1. The van der Waals surface area contributed by atoms with E-state index in [1.807, 2.05) is 43.5 Å². The Bertz CT molecular complexity index is 1370. The number of aryl methyl sites for hydroxylation is 1. The zero-order valence-corrected chi connectivity index (χ0v) is 22.1. The van der Waals surface area contributed by atoms with Crippen molar-refractivity contribution in [1.29, 1.82) is 0 Å². The predicted molar refractivity (Wildman–Crippen MR) is 136 cm³/mol. The van der Waals surface area contributed by atoms with Crippen LogP contribution in [-0.4, -0.2) is 55.1 Å². The molecule has 1 fully saturated rings. The lowest BCUT2D eigenvalue weighted by atomic mass is 10.2. The number of carbonyl (C=O) groups excluding carboxylic acids is 1. The van der Waals surface area contributed by atoms with Crippen LogP contribution in [0, 0.1) is 0 Å². The molecule has 0 bridgehead atoms. The van der Waals surface area contributed by atoms with Gasteiger partial charge in [0.05, 0.1) is 28.4 Å². The van der Waals surface area contributed by atoms with E-state index in [0.29, 0.717) is 36.6 Å². The number of nitrogens with zero attached hydrogens (tertiary/aromatic N) is 3. The molecular weight excluding hydrogens is 486 g/mol. The zero-order valence-electron chi connectivity index (χ0n) is 20.4. The van der Waals surface area contributed by atoms with E-state index >= 15 is 0 Å². The molecule has 0 spiro atoms. The number of morpholine rings is 1. The minimum atomic E-state index is -3.68. The van der Waals surface area contributed by atoms with Gasteiger partial charge in [-0.25, -0.2) is 8.42 Å². The van der Waals surface area contributed by atoms with Gasteiger partial charge in [0.25, 0.3) is 5.91 Å². The number of hydrogen-bond acceptors (Lipinski definition) is 6. The molecule has 3 aromatic rings. The molecule has 1 aliphatic heterocycles. The molecular formula is C25H31N3O5S2. The summed E-state index contributed by atoms with van der Waals surface area (Å²) in [4.78, 5) is 18.2. The number of ether oxygens (including phenoxy) is 2. The first-order valence-electron chi connectivity index (χ1n) is 11.8. The molecule has 0 aliphatic carbocycles. The summed E-state index contributed by atoms with van der Waals surface area (Å²) in [5.41, 5.74) is 1.27. The van der Waals surface area contributed by atoms with Crippen LogP contribution in [0.5, 0.6) is 5.75 Å². The summed E-state index contributed by atoms with van der Waals surface area (Å²) < 4.78 is 42.1. The molecule has 2 unspecified atom stereocenters. The highest BCUT2D eigenvalue weighted by Gasteiger charge is 2.32. The van der Waals surface area contributed by atoms with Crippen molar-refractivity contribution < 1.29 is 22.7 Å². The molecule has 2 atom stereocenters. The third-order valence-electron chi connectivity index (χ3n) is 5.73. The Balaban J connectivity index is 1.65. The van der Waals surface area contributed by atoms with Crippen molar-refractivity contribution in [2.75, 3.05) is 19.7 Å². The van der Waals surface area contributed by atoms with Crippen molar-refractivity contribution in [1.82, 2.24) is 8.87 Å². The van der Waals surface area contributed by atoms with Crippen molar-refractivity contribution in [3.8, 4) is 5.75 Å². The van der Waals surface area contributed by atoms with Gasteiger partial charge in [0.1, 0.15) is 11.3 Å². The van der Waals surface area contributed by atoms with Gasteiger partial charge in [-0.3, -0.25) is 4.79 Å². The minimum absolute atomic E-state index is 0.152. The average molecular weight is 518 g/mol. The van der Waals surface area contributed by atoms with Crippen molar-refractivity contribution in [2.45, 2.75) is 57.8 Å². The lowest BCUT2D eigenvalue weighted by Gasteiger charge is -2.34. The van der Waals surface area contributed by atoms with E-state index in [0.717, 1.165) is 22.4 Å². The summed E-state index contributed by atoms with van der Waals surface area (Å²) in [6, 6.07) is 11.8. The van der Waals surface area contributed by atoms with Crippen LogP contribution in [0.4, 0.5) is 0 Å². The number of amides is 1. The maximum atomic E-state index is 13.1. The van der Waals surface area contributed by atoms with Gasteiger partial charge in [-0.05, 0) is 63.6 Å². The molecule has 0 N–H and O–H groups in total. The van der Waals surface area contributed by atoms with Crippen LogP contribution in [-0.2, 0) is 21.3 Å². The van der Waals surface area contributed by atoms with Gasteiger partial charge >= 0.3 is 0 Å². The fourth-order valence-corrected chi connectivity index (χ4v) is 6.95. The van der Waals surface area contributed by atoms with Crippen molar-refractivity contribution in [2.24, 2.45) is 4.99 Å². The van der Waals surface area contributed by atoms with Crippen LogP contribution in [0.3, 0.4) is 0 Å². The van der Waals surface area contributed by atoms with Crippen LogP contribution in [0.1, 0.15) is 44.5 Å². The maximum absolute atomic E-state index is 13.1. The second-order valence-corrected chi connectivity index (χ2v) is 11.5. The Morgan fingerprint density at radius 3 is 2.43 bits per heavy atom. The first-order chi connectivity index (χ1) is 16.7. The lowest BCUT2D eigenvalue weighted by molar-refractivity contribution is -0.0440. The largest absolute Gasteiger partial charge is 0.492 e. The summed E-state index contributed by atoms with van der Waals surface area (Å²) >= 11 is 1.43. The van der Waals surface area contributed by atoms with Crippen LogP contribution in [0.25, 0.3) is 10.2 Å². The first-order valence-corrected chi connectivity index (χ1v) is 14.1. The molecule has 1 saturated heterocycles. The van der Waals surface area contributed by atoms with Gasteiger partial charge in [0, 0.05) is 25.2 Å². The summed E-state index contributed by atoms with van der Waals surface area (Å²) in [6.45, 7) is 9.57. The Labute approximate surface area is 209 Å². The van der Waals surface area contributed by atoms with E-state index in [1.165, 1.54) is 39.9 Å². The molecule has 0 saturated carbocycles. The number of hydrogen-bond donors (Lipinski definition) is 0. The van der Waals surface area contributed by atoms with E-state index in [4.69, 9.17) is 9.47 Å². The summed E-state index contributed by atoms with van der Waals surface area (Å²) in [5.74, 6) is 0.349. The number of para-hydroxylation sites is 1. The van der Waals surface area contributed by atoms with Gasteiger partial charge < -0.3 is 14.0 Å².